The van der Waals surface area contributed by atoms with Crippen LogP contribution in [0.1, 0.15) is 27.7 Å². The fourth-order valence-electron chi connectivity index (χ4n) is 1.43. The van der Waals surface area contributed by atoms with E-state index in [4.69, 9.17) is 15.2 Å². The van der Waals surface area contributed by atoms with Gasteiger partial charge in [-0.15, -0.1) is 0 Å². The van der Waals surface area contributed by atoms with Crippen LogP contribution < -0.4 is 15.9 Å². The maximum atomic E-state index is 11.8. The van der Waals surface area contributed by atoms with E-state index in [1.807, 2.05) is 0 Å². The van der Waals surface area contributed by atoms with Gasteiger partial charge in [0.2, 0.25) is 0 Å². The second-order valence-corrected chi connectivity index (χ2v) is 5.28. The minimum absolute atomic E-state index is 0.208. The van der Waals surface area contributed by atoms with Crippen LogP contribution in [0.2, 0.25) is 0 Å². The largest absolute Gasteiger partial charge is 0.448 e. The predicted octanol–water partition coefficient (Wildman–Crippen LogP) is 2.53. The molecule has 2 amide bonds. The Balaban J connectivity index is 2.72. The number of nitrogens with one attached hydrogen (secondary N) is 1. The molecule has 0 spiro atoms. The Morgan fingerprint density at radius 2 is 1.81 bits per heavy atom. The first kappa shape index (κ1) is 16.6. The van der Waals surface area contributed by atoms with E-state index in [1.54, 1.807) is 52.0 Å². The summed E-state index contributed by atoms with van der Waals surface area (Å²) in [7, 11) is 0. The molecule has 0 aliphatic carbocycles. The topological polar surface area (TPSA) is 93.9 Å². The molecule has 0 bridgehead atoms. The van der Waals surface area contributed by atoms with Gasteiger partial charge in [-0.25, -0.2) is 20.0 Å². The van der Waals surface area contributed by atoms with Gasteiger partial charge in [-0.2, -0.15) is 0 Å². The molecular formula is C14H21N3O4. The second-order valence-electron chi connectivity index (χ2n) is 5.28. The van der Waals surface area contributed by atoms with Crippen molar-refractivity contribution < 1.29 is 19.1 Å². The van der Waals surface area contributed by atoms with Crippen LogP contribution in [0.3, 0.4) is 0 Å². The maximum absolute atomic E-state index is 11.8. The average Bonchev–Trinajstić information content (AvgIpc) is 2.37. The summed E-state index contributed by atoms with van der Waals surface area (Å²) in [4.78, 5) is 23.7. The van der Waals surface area contributed by atoms with E-state index in [1.165, 1.54) is 0 Å². The molecule has 116 valence electrons. The van der Waals surface area contributed by atoms with Crippen molar-refractivity contribution >= 4 is 17.9 Å². The van der Waals surface area contributed by atoms with Gasteiger partial charge < -0.3 is 15.2 Å². The molecule has 0 saturated heterocycles. The number of nitrogen functional groups attached to an aromatic ring is 1. The number of anilines is 1. The number of amides is 2. The van der Waals surface area contributed by atoms with Crippen LogP contribution in [0.5, 0.6) is 5.75 Å². The molecule has 21 heavy (non-hydrogen) atoms. The van der Waals surface area contributed by atoms with Crippen LogP contribution in [0.4, 0.5) is 15.3 Å². The molecule has 0 aliphatic heterocycles. The molecule has 1 aromatic carbocycles. The molecule has 7 heteroatoms. The fourth-order valence-corrected chi connectivity index (χ4v) is 1.43. The van der Waals surface area contributed by atoms with Crippen molar-refractivity contribution in [2.24, 2.45) is 0 Å². The zero-order valence-corrected chi connectivity index (χ0v) is 12.7. The molecule has 0 heterocycles. The normalized spacial score (nSPS) is 10.7. The van der Waals surface area contributed by atoms with Crippen molar-refractivity contribution in [3.63, 3.8) is 0 Å². The molecule has 0 radical (unpaired) electrons. The Kier molecular flexibility index (Phi) is 5.40. The quantitative estimate of drug-likeness (QED) is 0.646. The highest BCUT2D eigenvalue weighted by atomic mass is 16.6. The Labute approximate surface area is 124 Å². The predicted molar refractivity (Wildman–Crippen MR) is 78.6 cm³/mol. The van der Waals surface area contributed by atoms with Gasteiger partial charge in [0, 0.05) is 5.69 Å². The first-order valence-corrected chi connectivity index (χ1v) is 6.55. The van der Waals surface area contributed by atoms with Crippen molar-refractivity contribution in [1.29, 1.82) is 0 Å². The van der Waals surface area contributed by atoms with Gasteiger partial charge in [-0.3, -0.25) is 0 Å². The fraction of sp³-hybridized carbons (Fsp3) is 0.429. The summed E-state index contributed by atoms with van der Waals surface area (Å²) in [6.07, 6.45) is -1.44. The lowest BCUT2D eigenvalue weighted by Gasteiger charge is -2.33. The van der Waals surface area contributed by atoms with E-state index < -0.39 is 17.7 Å². The van der Waals surface area contributed by atoms with Crippen molar-refractivity contribution in [3.05, 3.63) is 24.3 Å². The standard InChI is InChI=1S/C14H21N3O4/c1-5-20-13(19)17(14(2,3)4)16-12(18)21-11-8-6-10(15)7-9-11/h6-9H,5,15H2,1-4H3,(H,16,18). The smallest absolute Gasteiger partial charge is 0.431 e. The number of benzene rings is 1. The van der Waals surface area contributed by atoms with Gasteiger partial charge in [-0.1, -0.05) is 0 Å². The maximum Gasteiger partial charge on any atom is 0.431 e. The Hall–Kier alpha value is -2.44. The number of rotatable bonds is 2. The SMILES string of the molecule is CCOC(=O)N(NC(=O)Oc1ccc(N)cc1)C(C)(C)C. The van der Waals surface area contributed by atoms with Crippen LogP contribution in [-0.4, -0.2) is 29.3 Å². The summed E-state index contributed by atoms with van der Waals surface area (Å²) >= 11 is 0. The van der Waals surface area contributed by atoms with Crippen LogP contribution in [0, 0.1) is 0 Å². The van der Waals surface area contributed by atoms with Crippen molar-refractivity contribution in [2.45, 2.75) is 33.2 Å². The molecule has 0 aliphatic rings. The van der Waals surface area contributed by atoms with E-state index in [9.17, 15) is 9.59 Å². The highest BCUT2D eigenvalue weighted by molar-refractivity contribution is 5.76. The first-order valence-electron chi connectivity index (χ1n) is 6.55. The zero-order chi connectivity index (χ0) is 16.0. The number of hydrogen-bond acceptors (Lipinski definition) is 5. The van der Waals surface area contributed by atoms with Crippen molar-refractivity contribution in [1.82, 2.24) is 10.4 Å². The van der Waals surface area contributed by atoms with Crippen LogP contribution >= 0.6 is 0 Å². The summed E-state index contributed by atoms with van der Waals surface area (Å²) in [5.74, 6) is 0.319. The molecular weight excluding hydrogens is 274 g/mol. The number of carbonyl (C=O) groups is 2. The molecule has 3 N–H and O–H groups in total. The molecule has 7 nitrogen and oxygen atoms in total. The molecule has 1 rings (SSSR count). The van der Waals surface area contributed by atoms with Gasteiger partial charge >= 0.3 is 12.2 Å². The Bertz CT molecular complexity index is 494. The highest BCUT2D eigenvalue weighted by Gasteiger charge is 2.30. The first-order chi connectivity index (χ1) is 9.74. The molecule has 0 unspecified atom stereocenters. The summed E-state index contributed by atoms with van der Waals surface area (Å²) in [6, 6.07) is 6.33. The number of nitrogens with two attached hydrogens (primary N) is 1. The van der Waals surface area contributed by atoms with Gasteiger partial charge in [0.05, 0.1) is 12.1 Å². The third-order valence-corrected chi connectivity index (χ3v) is 2.41. The van der Waals surface area contributed by atoms with E-state index in [-0.39, 0.29) is 6.61 Å². The van der Waals surface area contributed by atoms with Crippen molar-refractivity contribution in [2.75, 3.05) is 12.3 Å². The zero-order valence-electron chi connectivity index (χ0n) is 12.7. The van der Waals surface area contributed by atoms with Crippen LogP contribution in [-0.2, 0) is 4.74 Å². The molecule has 0 aromatic heterocycles. The second kappa shape index (κ2) is 6.83. The summed E-state index contributed by atoms with van der Waals surface area (Å²) in [5.41, 5.74) is 7.81. The lowest BCUT2D eigenvalue weighted by atomic mass is 10.1. The van der Waals surface area contributed by atoms with Crippen molar-refractivity contribution in [3.8, 4) is 5.75 Å². The molecule has 0 fully saturated rings. The third kappa shape index (κ3) is 5.21. The van der Waals surface area contributed by atoms with Crippen LogP contribution in [0.15, 0.2) is 24.3 Å². The third-order valence-electron chi connectivity index (χ3n) is 2.41. The number of hydrazine groups is 1. The minimum atomic E-state index is -0.789. The number of hydrogen-bond donors (Lipinski definition) is 2. The summed E-state index contributed by atoms with van der Waals surface area (Å²) < 4.78 is 9.97. The van der Waals surface area contributed by atoms with E-state index in [2.05, 4.69) is 5.43 Å². The van der Waals surface area contributed by atoms with E-state index >= 15 is 0 Å². The highest BCUT2D eigenvalue weighted by Crippen LogP contribution is 2.15. The van der Waals surface area contributed by atoms with Gasteiger partial charge in [0.25, 0.3) is 0 Å². The molecule has 1 aromatic rings. The summed E-state index contributed by atoms with van der Waals surface area (Å²) in [5, 5.41) is 1.08. The van der Waals surface area contributed by atoms with Gasteiger partial charge in [0.15, 0.2) is 0 Å². The van der Waals surface area contributed by atoms with Crippen LogP contribution in [0.25, 0.3) is 0 Å². The average molecular weight is 295 g/mol. The summed E-state index contributed by atoms with van der Waals surface area (Å²) in [6.45, 7) is 7.17. The molecule has 0 saturated carbocycles. The number of nitrogens with zero attached hydrogens (tertiary/aromatic N) is 1. The monoisotopic (exact) mass is 295 g/mol. The Morgan fingerprint density at radius 1 is 1.24 bits per heavy atom. The van der Waals surface area contributed by atoms with E-state index in [0.717, 1.165) is 5.01 Å². The van der Waals surface area contributed by atoms with E-state index in [0.29, 0.717) is 11.4 Å². The number of carbonyl (C=O) groups excluding carboxylic acids is 2. The molecule has 0 atom stereocenters. The lowest BCUT2D eigenvalue weighted by molar-refractivity contribution is 0.0427. The lowest BCUT2D eigenvalue weighted by Crippen LogP contribution is -2.56. The van der Waals surface area contributed by atoms with Gasteiger partial charge in [0.1, 0.15) is 5.75 Å². The van der Waals surface area contributed by atoms with Gasteiger partial charge in [-0.05, 0) is 52.0 Å². The minimum Gasteiger partial charge on any atom is -0.448 e. The number of ether oxygens (including phenoxy) is 2. The Morgan fingerprint density at radius 3 is 2.29 bits per heavy atom.